The third kappa shape index (κ3) is 3.21. The molecule has 0 unspecified atom stereocenters. The molecule has 0 bridgehead atoms. The van der Waals surface area contributed by atoms with Crippen LogP contribution in [0.4, 0.5) is 0 Å². The second-order valence-corrected chi connectivity index (χ2v) is 4.74. The van der Waals surface area contributed by atoms with E-state index in [4.69, 9.17) is 0 Å². The Morgan fingerprint density at radius 1 is 1.00 bits per heavy atom. The SMILES string of the molecule is CNNCC(C)(C)C(C)(C)C. The summed E-state index contributed by atoms with van der Waals surface area (Å²) in [6, 6.07) is 0. The van der Waals surface area contributed by atoms with Gasteiger partial charge in [0.05, 0.1) is 0 Å². The minimum atomic E-state index is 0.315. The maximum absolute atomic E-state index is 3.15. The molecule has 2 heteroatoms. The maximum atomic E-state index is 3.15. The average molecular weight is 158 g/mol. The minimum Gasteiger partial charge on any atom is -0.261 e. The summed E-state index contributed by atoms with van der Waals surface area (Å²) in [5.74, 6) is 0. The molecule has 0 rings (SSSR count). The number of nitrogens with one attached hydrogen (secondary N) is 2. The van der Waals surface area contributed by atoms with E-state index in [1.807, 2.05) is 7.05 Å². The summed E-state index contributed by atoms with van der Waals surface area (Å²) in [7, 11) is 1.90. The van der Waals surface area contributed by atoms with Crippen molar-refractivity contribution >= 4 is 0 Å². The van der Waals surface area contributed by atoms with E-state index >= 15 is 0 Å². The first-order valence-electron chi connectivity index (χ1n) is 4.21. The van der Waals surface area contributed by atoms with E-state index in [0.717, 1.165) is 6.54 Å². The summed E-state index contributed by atoms with van der Waals surface area (Å²) in [4.78, 5) is 0. The highest BCUT2D eigenvalue weighted by atomic mass is 15.3. The Kier molecular flexibility index (Phi) is 3.52. The summed E-state index contributed by atoms with van der Waals surface area (Å²) in [5, 5.41) is 0. The fourth-order valence-electron chi connectivity index (χ4n) is 0.575. The summed E-state index contributed by atoms with van der Waals surface area (Å²) >= 11 is 0. The number of hydrazine groups is 1. The van der Waals surface area contributed by atoms with Gasteiger partial charge in [0.2, 0.25) is 0 Å². The second-order valence-electron chi connectivity index (χ2n) is 4.74. The lowest BCUT2D eigenvalue weighted by molar-refractivity contribution is 0.125. The van der Waals surface area contributed by atoms with E-state index in [0.29, 0.717) is 10.8 Å². The number of hydrogen-bond donors (Lipinski definition) is 2. The molecule has 0 aliphatic heterocycles. The molecule has 0 radical (unpaired) electrons. The molecule has 0 spiro atoms. The second kappa shape index (κ2) is 3.55. The van der Waals surface area contributed by atoms with E-state index in [1.165, 1.54) is 0 Å². The first-order chi connectivity index (χ1) is 4.81. The molecule has 0 saturated carbocycles. The lowest BCUT2D eigenvalue weighted by Crippen LogP contribution is -2.43. The topological polar surface area (TPSA) is 24.1 Å². The van der Waals surface area contributed by atoms with Gasteiger partial charge >= 0.3 is 0 Å². The van der Waals surface area contributed by atoms with E-state index < -0.39 is 0 Å². The van der Waals surface area contributed by atoms with Crippen molar-refractivity contribution < 1.29 is 0 Å². The average Bonchev–Trinajstić information content (AvgIpc) is 1.81. The largest absolute Gasteiger partial charge is 0.261 e. The van der Waals surface area contributed by atoms with Crippen LogP contribution in [0.25, 0.3) is 0 Å². The van der Waals surface area contributed by atoms with Crippen molar-refractivity contribution in [2.45, 2.75) is 34.6 Å². The molecule has 11 heavy (non-hydrogen) atoms. The molecule has 2 N–H and O–H groups in total. The number of rotatable bonds is 3. The zero-order valence-electron chi connectivity index (χ0n) is 8.71. The molecule has 0 aliphatic rings. The van der Waals surface area contributed by atoms with Crippen LogP contribution in [-0.4, -0.2) is 13.6 Å². The monoisotopic (exact) mass is 158 g/mol. The Labute approximate surface area is 70.7 Å². The molecule has 2 nitrogen and oxygen atoms in total. The molecule has 0 saturated heterocycles. The van der Waals surface area contributed by atoms with Gasteiger partial charge in [0.1, 0.15) is 0 Å². The van der Waals surface area contributed by atoms with E-state index in [2.05, 4.69) is 45.5 Å². The van der Waals surface area contributed by atoms with Crippen LogP contribution in [-0.2, 0) is 0 Å². The zero-order chi connectivity index (χ0) is 9.12. The van der Waals surface area contributed by atoms with Crippen LogP contribution in [0.3, 0.4) is 0 Å². The van der Waals surface area contributed by atoms with Gasteiger partial charge in [-0.2, -0.15) is 0 Å². The third-order valence-corrected chi connectivity index (χ3v) is 2.74. The van der Waals surface area contributed by atoms with Gasteiger partial charge in [-0.15, -0.1) is 0 Å². The Balaban J connectivity index is 4.00. The van der Waals surface area contributed by atoms with Crippen LogP contribution >= 0.6 is 0 Å². The summed E-state index contributed by atoms with van der Waals surface area (Å²) in [6.07, 6.45) is 0. The third-order valence-electron chi connectivity index (χ3n) is 2.74. The van der Waals surface area contributed by atoms with Gasteiger partial charge in [0.25, 0.3) is 0 Å². The molecule has 0 fully saturated rings. The van der Waals surface area contributed by atoms with E-state index in [1.54, 1.807) is 0 Å². The Morgan fingerprint density at radius 3 is 1.73 bits per heavy atom. The fraction of sp³-hybridized carbons (Fsp3) is 1.00. The molecule has 0 amide bonds. The molecule has 0 heterocycles. The van der Waals surface area contributed by atoms with E-state index in [-0.39, 0.29) is 0 Å². The van der Waals surface area contributed by atoms with Crippen molar-refractivity contribution in [1.82, 2.24) is 10.9 Å². The van der Waals surface area contributed by atoms with Crippen LogP contribution in [0.15, 0.2) is 0 Å². The van der Waals surface area contributed by atoms with Crippen molar-refractivity contribution in [3.63, 3.8) is 0 Å². The minimum absolute atomic E-state index is 0.315. The Morgan fingerprint density at radius 2 is 1.45 bits per heavy atom. The van der Waals surface area contributed by atoms with Gasteiger partial charge in [0.15, 0.2) is 0 Å². The highest BCUT2D eigenvalue weighted by molar-refractivity contribution is 4.83. The normalized spacial score (nSPS) is 13.6. The fourth-order valence-corrected chi connectivity index (χ4v) is 0.575. The van der Waals surface area contributed by atoms with Gasteiger partial charge in [-0.05, 0) is 17.9 Å². The molecule has 0 aromatic rings. The summed E-state index contributed by atoms with van der Waals surface area (Å²) < 4.78 is 0. The first-order valence-corrected chi connectivity index (χ1v) is 4.21. The van der Waals surface area contributed by atoms with E-state index in [9.17, 15) is 0 Å². The highest BCUT2D eigenvalue weighted by Crippen LogP contribution is 2.36. The molecular formula is C9H22N2. The highest BCUT2D eigenvalue weighted by Gasteiger charge is 2.31. The van der Waals surface area contributed by atoms with Crippen LogP contribution in [0.1, 0.15) is 34.6 Å². The van der Waals surface area contributed by atoms with Gasteiger partial charge in [-0.25, -0.2) is 0 Å². The summed E-state index contributed by atoms with van der Waals surface area (Å²) in [6.45, 7) is 12.3. The first kappa shape index (κ1) is 10.9. The molecule has 0 aromatic carbocycles. The van der Waals surface area contributed by atoms with Crippen LogP contribution in [0.5, 0.6) is 0 Å². The van der Waals surface area contributed by atoms with Gasteiger partial charge in [0, 0.05) is 6.54 Å². The maximum Gasteiger partial charge on any atom is 0.0156 e. The van der Waals surface area contributed by atoms with Crippen molar-refractivity contribution in [3.05, 3.63) is 0 Å². The zero-order valence-corrected chi connectivity index (χ0v) is 8.71. The molecular weight excluding hydrogens is 136 g/mol. The van der Waals surface area contributed by atoms with Gasteiger partial charge < -0.3 is 0 Å². The van der Waals surface area contributed by atoms with Crippen molar-refractivity contribution in [3.8, 4) is 0 Å². The molecule has 0 aliphatic carbocycles. The van der Waals surface area contributed by atoms with Crippen LogP contribution in [0, 0.1) is 10.8 Å². The Hall–Kier alpha value is -0.0800. The summed E-state index contributed by atoms with van der Waals surface area (Å²) in [5.41, 5.74) is 6.75. The smallest absolute Gasteiger partial charge is 0.0156 e. The standard InChI is InChI=1S/C9H22N2/c1-8(2,3)9(4,5)7-11-10-6/h10-11H,7H2,1-6H3. The van der Waals surface area contributed by atoms with Crippen LogP contribution in [0.2, 0.25) is 0 Å². The van der Waals surface area contributed by atoms with Gasteiger partial charge in [-0.3, -0.25) is 10.9 Å². The lowest BCUT2D eigenvalue weighted by Gasteiger charge is -2.38. The lowest BCUT2D eigenvalue weighted by atomic mass is 9.69. The van der Waals surface area contributed by atoms with Crippen molar-refractivity contribution in [2.75, 3.05) is 13.6 Å². The predicted octanol–water partition coefficient (Wildman–Crippen LogP) is 1.78. The molecule has 0 aromatic heterocycles. The molecule has 68 valence electrons. The Bertz CT molecular complexity index is 111. The quantitative estimate of drug-likeness (QED) is 0.612. The van der Waals surface area contributed by atoms with Gasteiger partial charge in [-0.1, -0.05) is 34.6 Å². The number of hydrogen-bond acceptors (Lipinski definition) is 2. The van der Waals surface area contributed by atoms with Crippen molar-refractivity contribution in [2.24, 2.45) is 10.8 Å². The van der Waals surface area contributed by atoms with Crippen molar-refractivity contribution in [1.29, 1.82) is 0 Å². The van der Waals surface area contributed by atoms with Crippen LogP contribution < -0.4 is 10.9 Å². The molecule has 0 atom stereocenters. The predicted molar refractivity (Wildman–Crippen MR) is 50.3 cm³/mol.